The fourth-order valence-electron chi connectivity index (χ4n) is 2.34. The molecule has 2 rings (SSSR count). The highest BCUT2D eigenvalue weighted by Gasteiger charge is 2.14. The quantitative estimate of drug-likeness (QED) is 0.893. The standard InChI is InChI=1S/C14H20BrNS/c15-14-10-13(7-6-11(14)8-9-16)17-12-4-2-1-3-5-12/h6-7,10,12H,1-5,8-9,16H2. The molecule has 17 heavy (non-hydrogen) atoms. The van der Waals surface area contributed by atoms with Crippen LogP contribution in [0.25, 0.3) is 0 Å². The Bertz CT molecular complexity index is 361. The molecule has 0 radical (unpaired) electrons. The van der Waals surface area contributed by atoms with Gasteiger partial charge in [0.15, 0.2) is 0 Å². The zero-order valence-corrected chi connectivity index (χ0v) is 12.5. The number of nitrogens with two attached hydrogens (primary N) is 1. The Morgan fingerprint density at radius 2 is 2.00 bits per heavy atom. The second-order valence-corrected chi connectivity index (χ2v) is 6.90. The second-order valence-electron chi connectivity index (χ2n) is 4.67. The van der Waals surface area contributed by atoms with E-state index < -0.39 is 0 Å². The maximum Gasteiger partial charge on any atom is 0.0218 e. The maximum absolute atomic E-state index is 5.59. The summed E-state index contributed by atoms with van der Waals surface area (Å²) in [6, 6.07) is 6.71. The molecule has 0 unspecified atom stereocenters. The maximum atomic E-state index is 5.59. The zero-order chi connectivity index (χ0) is 12.1. The third kappa shape index (κ3) is 4.01. The Labute approximate surface area is 117 Å². The van der Waals surface area contributed by atoms with Crippen LogP contribution in [0.1, 0.15) is 37.7 Å². The average Bonchev–Trinajstić information content (AvgIpc) is 2.34. The molecule has 0 aliphatic heterocycles. The van der Waals surface area contributed by atoms with Crippen LogP contribution in [0.2, 0.25) is 0 Å². The van der Waals surface area contributed by atoms with E-state index in [9.17, 15) is 0 Å². The molecule has 94 valence electrons. The first-order valence-corrected chi connectivity index (χ1v) is 8.12. The summed E-state index contributed by atoms with van der Waals surface area (Å²) in [5, 5.41) is 0.830. The number of benzene rings is 1. The zero-order valence-electron chi connectivity index (χ0n) is 10.1. The average molecular weight is 314 g/mol. The summed E-state index contributed by atoms with van der Waals surface area (Å²) < 4.78 is 1.21. The van der Waals surface area contributed by atoms with Crippen molar-refractivity contribution in [2.24, 2.45) is 5.73 Å². The van der Waals surface area contributed by atoms with Crippen LogP contribution in [0.4, 0.5) is 0 Å². The van der Waals surface area contributed by atoms with Crippen LogP contribution >= 0.6 is 27.7 Å². The van der Waals surface area contributed by atoms with E-state index in [1.807, 2.05) is 11.8 Å². The molecule has 1 fully saturated rings. The minimum Gasteiger partial charge on any atom is -0.330 e. The van der Waals surface area contributed by atoms with Gasteiger partial charge in [0.1, 0.15) is 0 Å². The smallest absolute Gasteiger partial charge is 0.0218 e. The van der Waals surface area contributed by atoms with Gasteiger partial charge in [-0.25, -0.2) is 0 Å². The summed E-state index contributed by atoms with van der Waals surface area (Å²) in [6.07, 6.45) is 7.96. The molecular weight excluding hydrogens is 294 g/mol. The van der Waals surface area contributed by atoms with Crippen molar-refractivity contribution in [1.82, 2.24) is 0 Å². The lowest BCUT2D eigenvalue weighted by atomic mass is 10.0. The van der Waals surface area contributed by atoms with Crippen molar-refractivity contribution in [3.8, 4) is 0 Å². The third-order valence-corrected chi connectivity index (χ3v) is 5.36. The fourth-order valence-corrected chi connectivity index (χ4v) is 4.35. The topological polar surface area (TPSA) is 26.0 Å². The van der Waals surface area contributed by atoms with Gasteiger partial charge in [-0.1, -0.05) is 41.3 Å². The molecule has 0 spiro atoms. The molecule has 0 saturated heterocycles. The Morgan fingerprint density at radius 1 is 1.24 bits per heavy atom. The Balaban J connectivity index is 1.98. The SMILES string of the molecule is NCCc1ccc(SC2CCCCC2)cc1Br. The molecule has 2 N–H and O–H groups in total. The summed E-state index contributed by atoms with van der Waals surface area (Å²) in [7, 11) is 0. The van der Waals surface area contributed by atoms with Crippen LogP contribution in [-0.2, 0) is 6.42 Å². The van der Waals surface area contributed by atoms with Crippen molar-refractivity contribution in [1.29, 1.82) is 0 Å². The lowest BCUT2D eigenvalue weighted by Crippen LogP contribution is -2.07. The van der Waals surface area contributed by atoms with Crippen molar-refractivity contribution >= 4 is 27.7 Å². The minimum absolute atomic E-state index is 0.716. The molecule has 1 aliphatic rings. The monoisotopic (exact) mass is 313 g/mol. The van der Waals surface area contributed by atoms with Crippen LogP contribution in [0.3, 0.4) is 0 Å². The van der Waals surface area contributed by atoms with Gasteiger partial charge in [0.2, 0.25) is 0 Å². The first-order chi connectivity index (χ1) is 8.29. The molecule has 3 heteroatoms. The van der Waals surface area contributed by atoms with Gasteiger partial charge < -0.3 is 5.73 Å². The van der Waals surface area contributed by atoms with Gasteiger partial charge in [0.05, 0.1) is 0 Å². The van der Waals surface area contributed by atoms with Crippen molar-refractivity contribution in [3.05, 3.63) is 28.2 Å². The van der Waals surface area contributed by atoms with E-state index in [1.165, 1.54) is 47.0 Å². The van der Waals surface area contributed by atoms with Crippen LogP contribution in [0.5, 0.6) is 0 Å². The lowest BCUT2D eigenvalue weighted by Gasteiger charge is -2.21. The first-order valence-electron chi connectivity index (χ1n) is 6.45. The van der Waals surface area contributed by atoms with Crippen LogP contribution in [0.15, 0.2) is 27.6 Å². The van der Waals surface area contributed by atoms with E-state index in [-0.39, 0.29) is 0 Å². The highest BCUT2D eigenvalue weighted by molar-refractivity contribution is 9.10. The molecule has 1 nitrogen and oxygen atoms in total. The van der Waals surface area contributed by atoms with Crippen molar-refractivity contribution in [2.75, 3.05) is 6.54 Å². The van der Waals surface area contributed by atoms with Gasteiger partial charge in [0.25, 0.3) is 0 Å². The minimum atomic E-state index is 0.716. The Morgan fingerprint density at radius 3 is 2.65 bits per heavy atom. The van der Waals surface area contributed by atoms with Crippen LogP contribution < -0.4 is 5.73 Å². The molecular formula is C14H20BrNS. The predicted octanol–water partition coefficient (Wildman–Crippen LogP) is 4.38. The van der Waals surface area contributed by atoms with E-state index in [2.05, 4.69) is 34.1 Å². The lowest BCUT2D eigenvalue weighted by molar-refractivity contribution is 0.516. The van der Waals surface area contributed by atoms with Crippen molar-refractivity contribution in [3.63, 3.8) is 0 Å². The van der Waals surface area contributed by atoms with Gasteiger partial charge in [0, 0.05) is 14.6 Å². The highest BCUT2D eigenvalue weighted by atomic mass is 79.9. The van der Waals surface area contributed by atoms with E-state index in [0.29, 0.717) is 6.54 Å². The van der Waals surface area contributed by atoms with Gasteiger partial charge in [-0.05, 0) is 43.5 Å². The molecule has 1 aromatic rings. The molecule has 1 aliphatic carbocycles. The Kier molecular flexibility index (Phi) is 5.39. The molecule has 0 amide bonds. The number of thioether (sulfide) groups is 1. The van der Waals surface area contributed by atoms with Crippen molar-refractivity contribution < 1.29 is 0 Å². The summed E-state index contributed by atoms with van der Waals surface area (Å²) in [5.41, 5.74) is 6.91. The third-order valence-electron chi connectivity index (χ3n) is 3.29. The first kappa shape index (κ1) is 13.4. The number of halogens is 1. The molecule has 0 aromatic heterocycles. The van der Waals surface area contributed by atoms with E-state index in [0.717, 1.165) is 11.7 Å². The molecule has 0 atom stereocenters. The fraction of sp³-hybridized carbons (Fsp3) is 0.571. The van der Waals surface area contributed by atoms with Gasteiger partial charge in [-0.15, -0.1) is 11.8 Å². The summed E-state index contributed by atoms with van der Waals surface area (Å²) >= 11 is 5.69. The molecule has 1 saturated carbocycles. The summed E-state index contributed by atoms with van der Waals surface area (Å²) in [5.74, 6) is 0. The van der Waals surface area contributed by atoms with Gasteiger partial charge in [-0.3, -0.25) is 0 Å². The van der Waals surface area contributed by atoms with E-state index in [4.69, 9.17) is 5.73 Å². The second kappa shape index (κ2) is 6.81. The van der Waals surface area contributed by atoms with Gasteiger partial charge >= 0.3 is 0 Å². The molecule has 1 aromatic carbocycles. The normalized spacial score (nSPS) is 17.3. The number of hydrogen-bond acceptors (Lipinski definition) is 2. The number of hydrogen-bond donors (Lipinski definition) is 1. The summed E-state index contributed by atoms with van der Waals surface area (Å²) in [6.45, 7) is 0.716. The van der Waals surface area contributed by atoms with E-state index in [1.54, 1.807) is 0 Å². The number of rotatable bonds is 4. The predicted molar refractivity (Wildman–Crippen MR) is 79.6 cm³/mol. The summed E-state index contributed by atoms with van der Waals surface area (Å²) in [4.78, 5) is 1.39. The molecule has 0 heterocycles. The highest BCUT2D eigenvalue weighted by Crippen LogP contribution is 2.35. The van der Waals surface area contributed by atoms with Crippen LogP contribution in [-0.4, -0.2) is 11.8 Å². The molecule has 0 bridgehead atoms. The largest absolute Gasteiger partial charge is 0.330 e. The van der Waals surface area contributed by atoms with Crippen molar-refractivity contribution in [2.45, 2.75) is 48.7 Å². The van der Waals surface area contributed by atoms with E-state index >= 15 is 0 Å². The van der Waals surface area contributed by atoms with Crippen LogP contribution in [0, 0.1) is 0 Å². The van der Waals surface area contributed by atoms with Gasteiger partial charge in [-0.2, -0.15) is 0 Å². The Hall–Kier alpha value is 0.01000.